The van der Waals surface area contributed by atoms with Crippen molar-refractivity contribution in [3.63, 3.8) is 0 Å². The van der Waals surface area contributed by atoms with Gasteiger partial charge in [-0.15, -0.1) is 0 Å². The molecule has 0 saturated carbocycles. The highest BCUT2D eigenvalue weighted by Gasteiger charge is 2.49. The van der Waals surface area contributed by atoms with Crippen LogP contribution in [0.1, 0.15) is 34.9 Å². The Kier molecular flexibility index (Phi) is 8.20. The van der Waals surface area contributed by atoms with Crippen molar-refractivity contribution in [2.75, 3.05) is 6.61 Å². The molecule has 0 spiro atoms. The molecule has 3 N–H and O–H groups in total. The summed E-state index contributed by atoms with van der Waals surface area (Å²) in [7, 11) is 0. The zero-order valence-electron chi connectivity index (χ0n) is 21.6. The number of hydrogen-bond acceptors (Lipinski definition) is 8. The second-order valence-electron chi connectivity index (χ2n) is 9.57. The highest BCUT2D eigenvalue weighted by atomic mass is 35.5. The lowest BCUT2D eigenvalue weighted by molar-refractivity contribution is -0.210. The van der Waals surface area contributed by atoms with E-state index in [2.05, 4.69) is 15.2 Å². The fourth-order valence-corrected chi connectivity index (χ4v) is 5.31. The molecule has 5 rings (SSSR count). The van der Waals surface area contributed by atoms with Gasteiger partial charge in [0.25, 0.3) is 0 Å². The van der Waals surface area contributed by atoms with Gasteiger partial charge in [0.2, 0.25) is 0 Å². The predicted octanol–water partition coefficient (Wildman–Crippen LogP) is 4.31. The first-order chi connectivity index (χ1) is 20.3. The summed E-state index contributed by atoms with van der Waals surface area (Å²) in [6, 6.07) is 4.09. The van der Waals surface area contributed by atoms with Gasteiger partial charge in [-0.1, -0.05) is 23.2 Å². The number of aliphatic hydroxyl groups excluding tert-OH is 3. The molecule has 1 fully saturated rings. The van der Waals surface area contributed by atoms with Crippen molar-refractivity contribution in [3.05, 3.63) is 81.1 Å². The Morgan fingerprint density at radius 3 is 2.49 bits per heavy atom. The van der Waals surface area contributed by atoms with E-state index in [-0.39, 0.29) is 27.8 Å². The number of aromatic nitrogens is 5. The third kappa shape index (κ3) is 5.46. The Morgan fingerprint density at radius 1 is 1.12 bits per heavy atom. The first kappa shape index (κ1) is 30.8. The number of halogens is 7. The van der Waals surface area contributed by atoms with E-state index in [9.17, 15) is 42.5 Å². The molecule has 3 heterocycles. The molecule has 1 saturated heterocycles. The second kappa shape index (κ2) is 11.5. The highest BCUT2D eigenvalue weighted by Crippen LogP contribution is 2.42. The minimum Gasteiger partial charge on any atom is -0.394 e. The normalized spacial score (nSPS) is 22.5. The van der Waals surface area contributed by atoms with Crippen molar-refractivity contribution in [2.24, 2.45) is 0 Å². The Bertz CT molecular complexity index is 1740. The van der Waals surface area contributed by atoms with Crippen LogP contribution in [0.4, 0.5) is 22.0 Å². The van der Waals surface area contributed by atoms with E-state index in [1.807, 2.05) is 0 Å². The lowest BCUT2D eigenvalue weighted by Gasteiger charge is -2.42. The molecular weight excluding hydrogens is 626 g/mol. The number of alkyl halides is 3. The van der Waals surface area contributed by atoms with Gasteiger partial charge in [0, 0.05) is 22.3 Å². The summed E-state index contributed by atoms with van der Waals surface area (Å²) < 4.78 is 78.6. The van der Waals surface area contributed by atoms with Crippen LogP contribution in [0.25, 0.3) is 16.8 Å². The first-order valence-corrected chi connectivity index (χ1v) is 13.1. The van der Waals surface area contributed by atoms with Gasteiger partial charge >= 0.3 is 6.18 Å². The van der Waals surface area contributed by atoms with Gasteiger partial charge in [0.15, 0.2) is 17.5 Å². The molecule has 43 heavy (non-hydrogen) atoms. The Labute approximate surface area is 249 Å². The summed E-state index contributed by atoms with van der Waals surface area (Å²) in [4.78, 5) is 4.15. The topological polar surface area (TPSA) is 142 Å². The van der Waals surface area contributed by atoms with Gasteiger partial charge < -0.3 is 20.1 Å². The number of aliphatic hydroxyl groups is 3. The van der Waals surface area contributed by atoms with Crippen molar-refractivity contribution in [2.45, 2.75) is 43.6 Å². The average Bonchev–Trinajstić information content (AvgIpc) is 3.58. The quantitative estimate of drug-likeness (QED) is 0.216. The molecule has 5 atom stereocenters. The van der Waals surface area contributed by atoms with E-state index in [1.165, 1.54) is 25.3 Å². The van der Waals surface area contributed by atoms with E-state index in [0.29, 0.717) is 4.68 Å². The number of aryl methyl sites for hydroxylation is 1. The van der Waals surface area contributed by atoms with Crippen LogP contribution in [0, 0.1) is 29.9 Å². The molecule has 0 radical (unpaired) electrons. The van der Waals surface area contributed by atoms with Crippen LogP contribution in [-0.2, 0) is 10.9 Å². The number of hydrogen-bond donors (Lipinski definition) is 3. The smallest absolute Gasteiger partial charge is 0.394 e. The van der Waals surface area contributed by atoms with Crippen molar-refractivity contribution < 1.29 is 42.0 Å². The molecule has 1 aliphatic heterocycles. The minimum absolute atomic E-state index is 0.0350. The van der Waals surface area contributed by atoms with Crippen LogP contribution < -0.4 is 0 Å². The SMILES string of the molecule is Cc1nc([C@@H]2O[C@H](CO)[C@H](O)[C@H](n3cc(-c4ccc(Cl)c(F)c4F)cn3)[C@H]2O)n(-c2cc(Cl)cc(C#N)c2C(F)(F)F)n1. The van der Waals surface area contributed by atoms with Gasteiger partial charge in [0.1, 0.15) is 36.3 Å². The number of benzene rings is 2. The van der Waals surface area contributed by atoms with Gasteiger partial charge in [-0.3, -0.25) is 4.68 Å². The molecular formula is C26H19Cl2F5N6O4. The number of nitrogens with zero attached hydrogens (tertiary/aromatic N) is 6. The monoisotopic (exact) mass is 644 g/mol. The Hall–Kier alpha value is -3.65. The molecule has 10 nitrogen and oxygen atoms in total. The average molecular weight is 645 g/mol. The maximum atomic E-state index is 14.6. The van der Waals surface area contributed by atoms with Gasteiger partial charge in [-0.05, 0) is 31.2 Å². The van der Waals surface area contributed by atoms with Crippen LogP contribution in [-0.4, -0.2) is 64.8 Å². The van der Waals surface area contributed by atoms with Crippen molar-refractivity contribution in [1.29, 1.82) is 5.26 Å². The number of nitriles is 1. The Morgan fingerprint density at radius 2 is 1.84 bits per heavy atom. The zero-order chi connectivity index (χ0) is 31.4. The van der Waals surface area contributed by atoms with Crippen molar-refractivity contribution in [3.8, 4) is 22.9 Å². The third-order valence-electron chi connectivity index (χ3n) is 6.85. The molecule has 2 aromatic heterocycles. The molecule has 0 bridgehead atoms. The van der Waals surface area contributed by atoms with Crippen LogP contribution in [0.5, 0.6) is 0 Å². The van der Waals surface area contributed by atoms with E-state index in [4.69, 9.17) is 27.9 Å². The van der Waals surface area contributed by atoms with Crippen LogP contribution in [0.2, 0.25) is 10.0 Å². The lowest BCUT2D eigenvalue weighted by Crippen LogP contribution is -2.53. The molecule has 0 unspecified atom stereocenters. The largest absolute Gasteiger partial charge is 0.419 e. The first-order valence-electron chi connectivity index (χ1n) is 12.3. The molecule has 2 aromatic carbocycles. The molecule has 226 valence electrons. The maximum absolute atomic E-state index is 14.6. The predicted molar refractivity (Wildman–Crippen MR) is 139 cm³/mol. The molecule has 0 aliphatic carbocycles. The minimum atomic E-state index is -5.04. The molecule has 0 amide bonds. The van der Waals surface area contributed by atoms with E-state index >= 15 is 0 Å². The van der Waals surface area contributed by atoms with Crippen LogP contribution in [0.15, 0.2) is 36.7 Å². The highest BCUT2D eigenvalue weighted by molar-refractivity contribution is 6.31. The van der Waals surface area contributed by atoms with E-state index < -0.39 is 76.7 Å². The molecule has 4 aromatic rings. The summed E-state index contributed by atoms with van der Waals surface area (Å²) in [6.45, 7) is 0.552. The summed E-state index contributed by atoms with van der Waals surface area (Å²) in [5, 5.41) is 49.2. The maximum Gasteiger partial charge on any atom is 0.419 e. The van der Waals surface area contributed by atoms with Gasteiger partial charge in [-0.25, -0.2) is 18.4 Å². The van der Waals surface area contributed by atoms with Gasteiger partial charge in [0.05, 0.1) is 40.7 Å². The molecule has 1 aliphatic rings. The fraction of sp³-hybridized carbons (Fsp3) is 0.308. The number of rotatable bonds is 5. The zero-order valence-corrected chi connectivity index (χ0v) is 23.1. The van der Waals surface area contributed by atoms with Crippen LogP contribution in [0.3, 0.4) is 0 Å². The standard InChI is InChI=1S/C26H19Cl2F5N6O4/c1-10-36-25(39(37-10)16-5-13(27)4-11(6-34)18(16)26(31,32)33)24-23(42)21(22(41)17(9-40)43-24)38-8-12(7-35-38)14-2-3-15(28)20(30)19(14)29/h2-5,7-8,17,21-24,40-42H,9H2,1H3/t17-,21+,22+,23-,24-/m1/s1. The summed E-state index contributed by atoms with van der Waals surface area (Å²) in [5.74, 6) is -3.00. The van der Waals surface area contributed by atoms with Crippen LogP contribution >= 0.6 is 23.2 Å². The van der Waals surface area contributed by atoms with E-state index in [0.717, 1.165) is 29.1 Å². The van der Waals surface area contributed by atoms with Crippen molar-refractivity contribution in [1.82, 2.24) is 24.5 Å². The number of ether oxygens (including phenoxy) is 1. The van der Waals surface area contributed by atoms with Gasteiger partial charge in [-0.2, -0.15) is 28.6 Å². The van der Waals surface area contributed by atoms with Crippen molar-refractivity contribution >= 4 is 23.2 Å². The second-order valence-corrected chi connectivity index (χ2v) is 10.4. The summed E-state index contributed by atoms with van der Waals surface area (Å²) >= 11 is 11.7. The summed E-state index contributed by atoms with van der Waals surface area (Å²) in [6.07, 6.45) is -9.22. The third-order valence-corrected chi connectivity index (χ3v) is 7.36. The lowest BCUT2D eigenvalue weighted by atomic mass is 9.92. The van der Waals surface area contributed by atoms with E-state index in [1.54, 1.807) is 0 Å². The fourth-order valence-electron chi connectivity index (χ4n) is 4.96. The Balaban J connectivity index is 1.62. The molecule has 17 heteroatoms. The summed E-state index contributed by atoms with van der Waals surface area (Å²) in [5.41, 5.74) is -3.06.